The van der Waals surface area contributed by atoms with E-state index in [-0.39, 0.29) is 30.2 Å². The first-order chi connectivity index (χ1) is 9.83. The molecular formula is C12H15N3O5S. The molecule has 8 nitrogen and oxygen atoms in total. The van der Waals surface area contributed by atoms with E-state index in [1.54, 1.807) is 6.07 Å². The number of carbonyl (C=O) groups is 1. The van der Waals surface area contributed by atoms with E-state index in [0.29, 0.717) is 0 Å². The van der Waals surface area contributed by atoms with Crippen molar-refractivity contribution in [3.05, 3.63) is 39.9 Å². The first-order valence-electron chi connectivity index (χ1n) is 6.32. The van der Waals surface area contributed by atoms with Crippen LogP contribution in [0.15, 0.2) is 24.3 Å². The molecule has 9 heteroatoms. The highest BCUT2D eigenvalue weighted by Gasteiger charge is 2.35. The van der Waals surface area contributed by atoms with Crippen LogP contribution in [0.4, 0.5) is 5.69 Å². The number of nitrogens with one attached hydrogen (secondary N) is 1. The number of carbonyl (C=O) groups excluding carboxylic acids is 1. The summed E-state index contributed by atoms with van der Waals surface area (Å²) in [4.78, 5) is 21.9. The van der Waals surface area contributed by atoms with Gasteiger partial charge < -0.3 is 5.32 Å². The minimum Gasteiger partial charge on any atom is -0.353 e. The molecule has 1 saturated heterocycles. The lowest BCUT2D eigenvalue weighted by atomic mass is 10.2. The summed E-state index contributed by atoms with van der Waals surface area (Å²) in [7, 11) is -3.81. The van der Waals surface area contributed by atoms with Crippen molar-refractivity contribution in [2.45, 2.75) is 18.7 Å². The van der Waals surface area contributed by atoms with Crippen LogP contribution in [0.25, 0.3) is 0 Å². The van der Waals surface area contributed by atoms with Crippen molar-refractivity contribution < 1.29 is 18.1 Å². The summed E-state index contributed by atoms with van der Waals surface area (Å²) in [6, 6.07) is 4.88. The van der Waals surface area contributed by atoms with E-state index in [9.17, 15) is 23.3 Å². The number of piperazine rings is 1. The Balaban J connectivity index is 2.30. The highest BCUT2D eigenvalue weighted by molar-refractivity contribution is 7.88. The molecule has 1 aliphatic rings. The lowest BCUT2D eigenvalue weighted by Crippen LogP contribution is -2.55. The van der Waals surface area contributed by atoms with Gasteiger partial charge in [0.2, 0.25) is 15.9 Å². The summed E-state index contributed by atoms with van der Waals surface area (Å²) >= 11 is 0. The standard InChI is InChI=1S/C12H15N3O5S/c1-9-12(16)13-6-7-14(9)21(19,20)8-10-4-2-3-5-11(10)15(17)18/h2-5,9H,6-8H2,1H3,(H,13,16). The number of sulfonamides is 1. The van der Waals surface area contributed by atoms with Gasteiger partial charge in [-0.1, -0.05) is 18.2 Å². The maximum atomic E-state index is 12.4. The predicted molar refractivity (Wildman–Crippen MR) is 74.9 cm³/mol. The monoisotopic (exact) mass is 313 g/mol. The normalized spacial score (nSPS) is 20.0. The summed E-state index contributed by atoms with van der Waals surface area (Å²) < 4.78 is 25.9. The van der Waals surface area contributed by atoms with Crippen LogP contribution >= 0.6 is 0 Å². The Morgan fingerprint density at radius 3 is 2.76 bits per heavy atom. The van der Waals surface area contributed by atoms with E-state index in [2.05, 4.69) is 5.32 Å². The molecule has 114 valence electrons. The van der Waals surface area contributed by atoms with Gasteiger partial charge in [0.05, 0.1) is 10.7 Å². The third-order valence-electron chi connectivity index (χ3n) is 3.33. The lowest BCUT2D eigenvalue weighted by Gasteiger charge is -2.31. The molecule has 1 amide bonds. The second-order valence-electron chi connectivity index (χ2n) is 4.72. The predicted octanol–water partition coefficient (Wildman–Crippen LogP) is 0.245. The number of nitrogens with zero attached hydrogens (tertiary/aromatic N) is 2. The molecule has 0 spiro atoms. The lowest BCUT2D eigenvalue weighted by molar-refractivity contribution is -0.385. The summed E-state index contributed by atoms with van der Waals surface area (Å²) in [5.41, 5.74) is -0.129. The fraction of sp³-hybridized carbons (Fsp3) is 0.417. The zero-order valence-electron chi connectivity index (χ0n) is 11.4. The molecule has 21 heavy (non-hydrogen) atoms. The van der Waals surface area contributed by atoms with Gasteiger partial charge in [0.25, 0.3) is 5.69 Å². The summed E-state index contributed by atoms with van der Waals surface area (Å²) in [6.07, 6.45) is 0. The Bertz CT molecular complexity index is 673. The van der Waals surface area contributed by atoms with Gasteiger partial charge in [-0.2, -0.15) is 4.31 Å². The highest BCUT2D eigenvalue weighted by Crippen LogP contribution is 2.23. The van der Waals surface area contributed by atoms with E-state index < -0.39 is 26.7 Å². The maximum Gasteiger partial charge on any atom is 0.273 e. The van der Waals surface area contributed by atoms with Gasteiger partial charge in [-0.15, -0.1) is 0 Å². The minimum absolute atomic E-state index is 0.112. The van der Waals surface area contributed by atoms with E-state index in [0.717, 1.165) is 4.31 Å². The number of benzene rings is 1. The molecule has 1 fully saturated rings. The number of amides is 1. The smallest absolute Gasteiger partial charge is 0.273 e. The van der Waals surface area contributed by atoms with Crippen molar-refractivity contribution in [3.63, 3.8) is 0 Å². The molecular weight excluding hydrogens is 298 g/mol. The zero-order chi connectivity index (χ0) is 15.6. The summed E-state index contributed by atoms with van der Waals surface area (Å²) in [5.74, 6) is -0.866. The van der Waals surface area contributed by atoms with E-state index >= 15 is 0 Å². The molecule has 1 unspecified atom stereocenters. The van der Waals surface area contributed by atoms with Crippen molar-refractivity contribution in [1.29, 1.82) is 0 Å². The molecule has 1 aliphatic heterocycles. The number of nitro groups is 1. The Kier molecular flexibility index (Phi) is 4.24. The quantitative estimate of drug-likeness (QED) is 0.632. The SMILES string of the molecule is CC1C(=O)NCCN1S(=O)(=O)Cc1ccccc1[N+](=O)[O-]. The highest BCUT2D eigenvalue weighted by atomic mass is 32.2. The van der Waals surface area contributed by atoms with Gasteiger partial charge in [0, 0.05) is 24.7 Å². The fourth-order valence-electron chi connectivity index (χ4n) is 2.23. The second-order valence-corrected chi connectivity index (χ2v) is 6.64. The van der Waals surface area contributed by atoms with Gasteiger partial charge >= 0.3 is 0 Å². The van der Waals surface area contributed by atoms with Crippen LogP contribution in [-0.2, 0) is 20.6 Å². The third kappa shape index (κ3) is 3.19. The molecule has 1 aromatic rings. The van der Waals surface area contributed by atoms with Crippen molar-refractivity contribution in [1.82, 2.24) is 9.62 Å². The number of hydrogen-bond donors (Lipinski definition) is 1. The molecule has 0 bridgehead atoms. The average molecular weight is 313 g/mol. The Morgan fingerprint density at radius 2 is 2.10 bits per heavy atom. The van der Waals surface area contributed by atoms with Gasteiger partial charge in [-0.3, -0.25) is 14.9 Å². The van der Waals surface area contributed by atoms with E-state index in [1.807, 2.05) is 0 Å². The molecule has 1 N–H and O–H groups in total. The third-order valence-corrected chi connectivity index (χ3v) is 5.22. The van der Waals surface area contributed by atoms with Gasteiger partial charge in [0.15, 0.2) is 0 Å². The summed E-state index contributed by atoms with van der Waals surface area (Å²) in [6.45, 7) is 1.89. The first-order valence-corrected chi connectivity index (χ1v) is 7.93. The van der Waals surface area contributed by atoms with Crippen LogP contribution in [-0.4, -0.2) is 42.7 Å². The van der Waals surface area contributed by atoms with Crippen LogP contribution < -0.4 is 5.32 Å². The van der Waals surface area contributed by atoms with Crippen LogP contribution in [0, 0.1) is 10.1 Å². The number of nitro benzene ring substituents is 1. The Morgan fingerprint density at radius 1 is 1.43 bits per heavy atom. The van der Waals surface area contributed by atoms with Gasteiger partial charge in [-0.05, 0) is 6.92 Å². The average Bonchev–Trinajstić information content (AvgIpc) is 2.41. The molecule has 0 radical (unpaired) electrons. The minimum atomic E-state index is -3.81. The van der Waals surface area contributed by atoms with Crippen LogP contribution in [0.3, 0.4) is 0 Å². The van der Waals surface area contributed by atoms with Crippen LogP contribution in [0.2, 0.25) is 0 Å². The second kappa shape index (κ2) is 5.78. The van der Waals surface area contributed by atoms with Gasteiger partial charge in [0.1, 0.15) is 6.04 Å². The van der Waals surface area contributed by atoms with Crippen molar-refractivity contribution in [2.75, 3.05) is 13.1 Å². The zero-order valence-corrected chi connectivity index (χ0v) is 12.2. The van der Waals surface area contributed by atoms with Crippen molar-refractivity contribution >= 4 is 21.6 Å². The topological polar surface area (TPSA) is 110 Å². The fourth-order valence-corrected chi connectivity index (χ4v) is 3.98. The molecule has 0 aromatic heterocycles. The number of rotatable bonds is 4. The van der Waals surface area contributed by atoms with Crippen molar-refractivity contribution in [3.8, 4) is 0 Å². The van der Waals surface area contributed by atoms with E-state index in [1.165, 1.54) is 25.1 Å². The molecule has 1 aromatic carbocycles. The van der Waals surface area contributed by atoms with Gasteiger partial charge in [-0.25, -0.2) is 8.42 Å². The number of hydrogen-bond acceptors (Lipinski definition) is 5. The largest absolute Gasteiger partial charge is 0.353 e. The molecule has 2 rings (SSSR count). The molecule has 1 heterocycles. The Hall–Kier alpha value is -2.00. The molecule has 0 saturated carbocycles. The maximum absolute atomic E-state index is 12.4. The molecule has 1 atom stereocenters. The number of para-hydroxylation sites is 1. The van der Waals surface area contributed by atoms with Crippen LogP contribution in [0.5, 0.6) is 0 Å². The first kappa shape index (κ1) is 15.4. The molecule has 0 aliphatic carbocycles. The summed E-state index contributed by atoms with van der Waals surface area (Å²) in [5, 5.41) is 13.5. The van der Waals surface area contributed by atoms with E-state index in [4.69, 9.17) is 0 Å². The Labute approximate surface area is 122 Å². The van der Waals surface area contributed by atoms with Crippen LogP contribution in [0.1, 0.15) is 12.5 Å². The van der Waals surface area contributed by atoms with Crippen molar-refractivity contribution in [2.24, 2.45) is 0 Å².